The number of hydrogen-bond donors (Lipinski definition) is 2. The Kier molecular flexibility index (Phi) is 4.74. The third kappa shape index (κ3) is 3.17. The molecule has 0 aliphatic carbocycles. The minimum Gasteiger partial charge on any atom is -0.355 e. The van der Waals surface area contributed by atoms with Crippen LogP contribution in [0.5, 0.6) is 0 Å². The van der Waals surface area contributed by atoms with Crippen LogP contribution in [0.15, 0.2) is 24.3 Å². The molecule has 0 saturated carbocycles. The van der Waals surface area contributed by atoms with Gasteiger partial charge in [-0.15, -0.1) is 0 Å². The molecule has 0 unspecified atom stereocenters. The van der Waals surface area contributed by atoms with Crippen molar-refractivity contribution in [3.8, 4) is 0 Å². The highest BCUT2D eigenvalue weighted by molar-refractivity contribution is 5.78. The number of para-hydroxylation sites is 2. The van der Waals surface area contributed by atoms with E-state index in [-0.39, 0.29) is 5.91 Å². The monoisotopic (exact) mass is 274 g/mol. The lowest BCUT2D eigenvalue weighted by Crippen LogP contribution is -2.33. The molecular formula is C15H22N4O. The number of rotatable bonds is 6. The fraction of sp³-hybridized carbons (Fsp3) is 0.467. The third-order valence-corrected chi connectivity index (χ3v) is 3.19. The van der Waals surface area contributed by atoms with Gasteiger partial charge in [-0.2, -0.15) is 0 Å². The van der Waals surface area contributed by atoms with Gasteiger partial charge in [-0.3, -0.25) is 4.79 Å². The van der Waals surface area contributed by atoms with E-state index in [1.807, 2.05) is 18.2 Å². The predicted molar refractivity (Wildman–Crippen MR) is 80.8 cm³/mol. The van der Waals surface area contributed by atoms with Crippen molar-refractivity contribution in [2.24, 2.45) is 0 Å². The molecule has 20 heavy (non-hydrogen) atoms. The highest BCUT2D eigenvalue weighted by Crippen LogP contribution is 2.20. The van der Waals surface area contributed by atoms with Crippen molar-refractivity contribution in [1.82, 2.24) is 20.2 Å². The normalized spacial score (nSPS) is 11.2. The number of fused-ring (bicyclic) bond motifs is 1. The largest absolute Gasteiger partial charge is 0.355 e. The van der Waals surface area contributed by atoms with E-state index in [9.17, 15) is 4.79 Å². The second kappa shape index (κ2) is 6.52. The summed E-state index contributed by atoms with van der Waals surface area (Å²) in [6.07, 6.45) is 0.738. The average molecular weight is 274 g/mol. The Morgan fingerprint density at radius 2 is 2.10 bits per heavy atom. The van der Waals surface area contributed by atoms with Crippen LogP contribution in [0.25, 0.3) is 11.0 Å². The van der Waals surface area contributed by atoms with E-state index in [2.05, 4.69) is 40.1 Å². The van der Waals surface area contributed by atoms with Crippen molar-refractivity contribution >= 4 is 16.9 Å². The lowest BCUT2D eigenvalue weighted by atomic mass is 10.3. The van der Waals surface area contributed by atoms with Crippen molar-refractivity contribution in [3.63, 3.8) is 0 Å². The molecule has 1 amide bonds. The Balaban J connectivity index is 2.13. The van der Waals surface area contributed by atoms with Crippen molar-refractivity contribution in [2.45, 2.75) is 26.3 Å². The number of nitrogens with one attached hydrogen (secondary N) is 2. The predicted octanol–water partition coefficient (Wildman–Crippen LogP) is 1.50. The van der Waals surface area contributed by atoms with E-state index in [0.717, 1.165) is 23.3 Å². The average Bonchev–Trinajstić information content (AvgIpc) is 2.77. The van der Waals surface area contributed by atoms with Crippen molar-refractivity contribution in [3.05, 3.63) is 30.1 Å². The zero-order chi connectivity index (χ0) is 14.5. The van der Waals surface area contributed by atoms with Gasteiger partial charge in [-0.1, -0.05) is 12.1 Å². The second-order valence-electron chi connectivity index (χ2n) is 5.11. The van der Waals surface area contributed by atoms with Gasteiger partial charge in [-0.05, 0) is 33.0 Å². The summed E-state index contributed by atoms with van der Waals surface area (Å²) in [6, 6.07) is 8.49. The van der Waals surface area contributed by atoms with Crippen LogP contribution in [0.3, 0.4) is 0 Å². The zero-order valence-electron chi connectivity index (χ0n) is 12.3. The summed E-state index contributed by atoms with van der Waals surface area (Å²) in [6.45, 7) is 5.26. The molecule has 0 radical (unpaired) electrons. The Labute approximate surface area is 119 Å². The molecule has 0 fully saturated rings. The summed E-state index contributed by atoms with van der Waals surface area (Å²) in [4.78, 5) is 16.1. The molecule has 2 rings (SSSR count). The molecule has 2 aromatic rings. The molecule has 5 heteroatoms. The number of likely N-dealkylation sites (N-methyl/N-ethyl adjacent to an activating group) is 1. The molecule has 1 heterocycles. The van der Waals surface area contributed by atoms with Crippen LogP contribution in [0.1, 0.15) is 25.7 Å². The Morgan fingerprint density at radius 1 is 1.35 bits per heavy atom. The molecule has 5 nitrogen and oxygen atoms in total. The first-order valence-electron chi connectivity index (χ1n) is 7.00. The summed E-state index contributed by atoms with van der Waals surface area (Å²) in [7, 11) is 1.76. The highest BCUT2D eigenvalue weighted by atomic mass is 16.1. The smallest absolute Gasteiger partial charge is 0.233 e. The first-order chi connectivity index (χ1) is 9.63. The fourth-order valence-corrected chi connectivity index (χ4v) is 2.38. The van der Waals surface area contributed by atoms with E-state index in [4.69, 9.17) is 0 Å². The summed E-state index contributed by atoms with van der Waals surface area (Å²) in [5, 5.41) is 5.72. The van der Waals surface area contributed by atoms with Crippen LogP contribution in [0.4, 0.5) is 0 Å². The molecule has 0 aliphatic heterocycles. The number of hydrogen-bond acceptors (Lipinski definition) is 3. The Morgan fingerprint density at radius 3 is 2.80 bits per heavy atom. The van der Waals surface area contributed by atoms with Crippen LogP contribution in [-0.2, 0) is 11.2 Å². The number of aromatic nitrogens is 2. The van der Waals surface area contributed by atoms with E-state index < -0.39 is 0 Å². The van der Waals surface area contributed by atoms with Gasteiger partial charge in [0.15, 0.2) is 0 Å². The first kappa shape index (κ1) is 14.5. The van der Waals surface area contributed by atoms with E-state index >= 15 is 0 Å². The first-order valence-corrected chi connectivity index (χ1v) is 7.00. The summed E-state index contributed by atoms with van der Waals surface area (Å²) < 4.78 is 2.24. The summed E-state index contributed by atoms with van der Waals surface area (Å²) in [5.74, 6) is 1.03. The van der Waals surface area contributed by atoms with Crippen molar-refractivity contribution < 1.29 is 4.79 Å². The van der Waals surface area contributed by atoms with Gasteiger partial charge in [0, 0.05) is 19.0 Å². The van der Waals surface area contributed by atoms with E-state index in [1.54, 1.807) is 7.05 Å². The molecular weight excluding hydrogens is 252 g/mol. The summed E-state index contributed by atoms with van der Waals surface area (Å²) >= 11 is 0. The zero-order valence-corrected chi connectivity index (χ0v) is 12.3. The second-order valence-corrected chi connectivity index (χ2v) is 5.11. The van der Waals surface area contributed by atoms with Crippen LogP contribution >= 0.6 is 0 Å². The van der Waals surface area contributed by atoms with Gasteiger partial charge in [0.1, 0.15) is 5.82 Å². The lowest BCUT2D eigenvalue weighted by Gasteiger charge is -2.13. The Hall–Kier alpha value is -1.88. The van der Waals surface area contributed by atoms with Crippen molar-refractivity contribution in [2.75, 3.05) is 20.1 Å². The SMILES string of the molecule is CNCC(=O)NCCc1nc2ccccc2n1C(C)C. The number of imidazole rings is 1. The van der Waals surface area contributed by atoms with Gasteiger partial charge in [0.2, 0.25) is 5.91 Å². The number of carbonyl (C=O) groups excluding carboxylic acids is 1. The highest BCUT2D eigenvalue weighted by Gasteiger charge is 2.12. The van der Waals surface area contributed by atoms with Crippen molar-refractivity contribution in [1.29, 1.82) is 0 Å². The maximum atomic E-state index is 11.4. The van der Waals surface area contributed by atoms with Gasteiger partial charge in [-0.25, -0.2) is 4.98 Å². The summed E-state index contributed by atoms with van der Waals surface area (Å²) in [5.41, 5.74) is 2.16. The molecule has 1 aromatic carbocycles. The fourth-order valence-electron chi connectivity index (χ4n) is 2.38. The van der Waals surface area contributed by atoms with Crippen LogP contribution in [-0.4, -0.2) is 35.6 Å². The minimum absolute atomic E-state index is 0.0136. The van der Waals surface area contributed by atoms with Crippen LogP contribution in [0, 0.1) is 0 Å². The minimum atomic E-state index is 0.0136. The molecule has 0 aliphatic rings. The van der Waals surface area contributed by atoms with Gasteiger partial charge >= 0.3 is 0 Å². The molecule has 0 bridgehead atoms. The number of amides is 1. The quantitative estimate of drug-likeness (QED) is 0.839. The van der Waals surface area contributed by atoms with Crippen LogP contribution < -0.4 is 10.6 Å². The van der Waals surface area contributed by atoms with E-state index in [1.165, 1.54) is 0 Å². The maximum Gasteiger partial charge on any atom is 0.233 e. The Bertz CT molecular complexity index is 589. The standard InChI is InChI=1S/C15H22N4O/c1-11(2)19-13-7-5-4-6-12(13)18-14(19)8-9-17-15(20)10-16-3/h4-7,11,16H,8-10H2,1-3H3,(H,17,20). The lowest BCUT2D eigenvalue weighted by molar-refractivity contribution is -0.120. The van der Waals surface area contributed by atoms with E-state index in [0.29, 0.717) is 19.1 Å². The number of benzene rings is 1. The molecule has 0 atom stereocenters. The number of nitrogens with zero attached hydrogens (tertiary/aromatic N) is 2. The topological polar surface area (TPSA) is 59.0 Å². The maximum absolute atomic E-state index is 11.4. The van der Waals surface area contributed by atoms with Crippen LogP contribution in [0.2, 0.25) is 0 Å². The third-order valence-electron chi connectivity index (χ3n) is 3.19. The molecule has 0 spiro atoms. The molecule has 108 valence electrons. The molecule has 2 N–H and O–H groups in total. The van der Waals surface area contributed by atoms with Gasteiger partial charge in [0.05, 0.1) is 17.6 Å². The molecule has 1 aromatic heterocycles. The molecule has 0 saturated heterocycles. The van der Waals surface area contributed by atoms with Gasteiger partial charge < -0.3 is 15.2 Å². The number of carbonyl (C=O) groups is 1. The van der Waals surface area contributed by atoms with Gasteiger partial charge in [0.25, 0.3) is 0 Å².